The minimum Gasteiger partial charge on any atom is -0.316 e. The number of hydrogen-bond acceptors (Lipinski definition) is 2. The highest BCUT2D eigenvalue weighted by Crippen LogP contribution is 2.27. The van der Waals surface area contributed by atoms with Crippen molar-refractivity contribution in [1.29, 1.82) is 0 Å². The van der Waals surface area contributed by atoms with Gasteiger partial charge < -0.3 is 5.32 Å². The van der Waals surface area contributed by atoms with Crippen LogP contribution < -0.4 is 5.32 Å². The fourth-order valence-corrected chi connectivity index (χ4v) is 2.84. The zero-order valence-electron chi connectivity index (χ0n) is 11.5. The Kier molecular flexibility index (Phi) is 6.68. The summed E-state index contributed by atoms with van der Waals surface area (Å²) in [6.45, 7) is 11.1. The SMILES string of the molecule is CCCCNCC(C)Sc1cc(C)ccc1C. The van der Waals surface area contributed by atoms with Gasteiger partial charge in [-0.1, -0.05) is 38.0 Å². The van der Waals surface area contributed by atoms with Gasteiger partial charge in [-0.25, -0.2) is 0 Å². The molecule has 1 rings (SSSR count). The zero-order chi connectivity index (χ0) is 12.7. The smallest absolute Gasteiger partial charge is 0.0191 e. The second-order valence-corrected chi connectivity index (χ2v) is 6.24. The fourth-order valence-electron chi connectivity index (χ4n) is 1.70. The van der Waals surface area contributed by atoms with Gasteiger partial charge in [-0.05, 0) is 38.4 Å². The Labute approximate surface area is 110 Å². The van der Waals surface area contributed by atoms with E-state index in [9.17, 15) is 0 Å². The lowest BCUT2D eigenvalue weighted by Gasteiger charge is -2.14. The largest absolute Gasteiger partial charge is 0.316 e. The van der Waals surface area contributed by atoms with Crippen molar-refractivity contribution in [3.05, 3.63) is 29.3 Å². The molecule has 0 aliphatic heterocycles. The fraction of sp³-hybridized carbons (Fsp3) is 0.600. The van der Waals surface area contributed by atoms with Crippen molar-refractivity contribution in [2.75, 3.05) is 13.1 Å². The van der Waals surface area contributed by atoms with E-state index in [-0.39, 0.29) is 0 Å². The first kappa shape index (κ1) is 14.6. The molecule has 1 nitrogen and oxygen atoms in total. The molecule has 96 valence electrons. The second kappa shape index (κ2) is 7.78. The molecule has 0 fully saturated rings. The summed E-state index contributed by atoms with van der Waals surface area (Å²) in [5, 5.41) is 4.15. The molecule has 0 bridgehead atoms. The summed E-state index contributed by atoms with van der Waals surface area (Å²) in [6.07, 6.45) is 2.55. The minimum absolute atomic E-state index is 0.632. The molecule has 0 radical (unpaired) electrons. The number of unbranched alkanes of at least 4 members (excludes halogenated alkanes) is 1. The quantitative estimate of drug-likeness (QED) is 0.576. The van der Waals surface area contributed by atoms with Crippen LogP contribution in [-0.2, 0) is 0 Å². The predicted octanol–water partition coefficient (Wildman–Crippen LogP) is 4.17. The summed E-state index contributed by atoms with van der Waals surface area (Å²) < 4.78 is 0. The number of thioether (sulfide) groups is 1. The first-order valence-corrected chi connectivity index (χ1v) is 7.46. The molecule has 0 aromatic heterocycles. The molecule has 0 aliphatic carbocycles. The van der Waals surface area contributed by atoms with Crippen molar-refractivity contribution in [3.8, 4) is 0 Å². The van der Waals surface area contributed by atoms with E-state index in [0.717, 1.165) is 13.1 Å². The van der Waals surface area contributed by atoms with E-state index in [2.05, 4.69) is 51.2 Å². The Morgan fingerprint density at radius 2 is 2.06 bits per heavy atom. The summed E-state index contributed by atoms with van der Waals surface area (Å²) in [5.74, 6) is 0. The van der Waals surface area contributed by atoms with Crippen molar-refractivity contribution in [3.63, 3.8) is 0 Å². The Balaban J connectivity index is 2.39. The van der Waals surface area contributed by atoms with Crippen LogP contribution in [0.25, 0.3) is 0 Å². The molecule has 0 aliphatic rings. The van der Waals surface area contributed by atoms with E-state index >= 15 is 0 Å². The summed E-state index contributed by atoms with van der Waals surface area (Å²) in [5.41, 5.74) is 2.74. The zero-order valence-corrected chi connectivity index (χ0v) is 12.4. The van der Waals surface area contributed by atoms with Crippen LogP contribution in [0.1, 0.15) is 37.8 Å². The summed E-state index contributed by atoms with van der Waals surface area (Å²) in [6, 6.07) is 6.70. The Morgan fingerprint density at radius 3 is 2.76 bits per heavy atom. The monoisotopic (exact) mass is 251 g/mol. The number of aryl methyl sites for hydroxylation is 2. The van der Waals surface area contributed by atoms with Gasteiger partial charge in [-0.15, -0.1) is 11.8 Å². The molecule has 0 saturated heterocycles. The van der Waals surface area contributed by atoms with Gasteiger partial charge in [0.1, 0.15) is 0 Å². The van der Waals surface area contributed by atoms with Crippen LogP contribution in [0.2, 0.25) is 0 Å². The number of hydrogen-bond donors (Lipinski definition) is 1. The van der Waals surface area contributed by atoms with Crippen LogP contribution in [-0.4, -0.2) is 18.3 Å². The summed E-state index contributed by atoms with van der Waals surface area (Å²) in [7, 11) is 0. The van der Waals surface area contributed by atoms with E-state index < -0.39 is 0 Å². The van der Waals surface area contributed by atoms with Crippen LogP contribution in [0.4, 0.5) is 0 Å². The highest BCUT2D eigenvalue weighted by Gasteiger charge is 2.06. The molecule has 17 heavy (non-hydrogen) atoms. The highest BCUT2D eigenvalue weighted by atomic mass is 32.2. The second-order valence-electron chi connectivity index (χ2n) is 4.76. The molecule has 1 aromatic rings. The van der Waals surface area contributed by atoms with Crippen molar-refractivity contribution < 1.29 is 0 Å². The van der Waals surface area contributed by atoms with Crippen LogP contribution in [0.15, 0.2) is 23.1 Å². The van der Waals surface area contributed by atoms with Crippen molar-refractivity contribution in [2.24, 2.45) is 0 Å². The van der Waals surface area contributed by atoms with Crippen LogP contribution in [0.5, 0.6) is 0 Å². The first-order valence-electron chi connectivity index (χ1n) is 6.58. The van der Waals surface area contributed by atoms with Gasteiger partial charge in [-0.3, -0.25) is 0 Å². The summed E-state index contributed by atoms with van der Waals surface area (Å²) >= 11 is 1.98. The van der Waals surface area contributed by atoms with Gasteiger partial charge in [0.2, 0.25) is 0 Å². The van der Waals surface area contributed by atoms with E-state index in [1.807, 2.05) is 11.8 Å². The highest BCUT2D eigenvalue weighted by molar-refractivity contribution is 8.00. The molecule has 0 amide bonds. The summed E-state index contributed by atoms with van der Waals surface area (Å²) in [4.78, 5) is 1.43. The molecule has 0 spiro atoms. The third kappa shape index (κ3) is 5.60. The number of benzene rings is 1. The molecule has 2 heteroatoms. The number of rotatable bonds is 7. The van der Waals surface area contributed by atoms with Gasteiger partial charge in [0.15, 0.2) is 0 Å². The van der Waals surface area contributed by atoms with E-state index in [0.29, 0.717) is 5.25 Å². The maximum Gasteiger partial charge on any atom is 0.0191 e. The maximum absolute atomic E-state index is 3.52. The molecule has 1 aromatic carbocycles. The lowest BCUT2D eigenvalue weighted by Crippen LogP contribution is -2.23. The molecule has 1 atom stereocenters. The van der Waals surface area contributed by atoms with Gasteiger partial charge in [0, 0.05) is 16.7 Å². The van der Waals surface area contributed by atoms with E-state index in [1.54, 1.807) is 0 Å². The first-order chi connectivity index (χ1) is 8.13. The van der Waals surface area contributed by atoms with E-state index in [4.69, 9.17) is 0 Å². The standard InChI is InChI=1S/C15H25NS/c1-5-6-9-16-11-14(4)17-15-10-12(2)7-8-13(15)3/h7-8,10,14,16H,5-6,9,11H2,1-4H3. The molecule has 1 unspecified atom stereocenters. The van der Waals surface area contributed by atoms with Crippen LogP contribution in [0.3, 0.4) is 0 Å². The molecule has 0 saturated carbocycles. The van der Waals surface area contributed by atoms with Gasteiger partial charge in [0.05, 0.1) is 0 Å². The third-order valence-electron chi connectivity index (χ3n) is 2.81. The van der Waals surface area contributed by atoms with Gasteiger partial charge in [-0.2, -0.15) is 0 Å². The Morgan fingerprint density at radius 1 is 1.29 bits per heavy atom. The molecular weight excluding hydrogens is 226 g/mol. The third-order valence-corrected chi connectivity index (χ3v) is 4.07. The molecule has 0 heterocycles. The maximum atomic E-state index is 3.52. The Hall–Kier alpha value is -0.470. The predicted molar refractivity (Wildman–Crippen MR) is 79.0 cm³/mol. The molecular formula is C15H25NS. The normalized spacial score (nSPS) is 12.7. The van der Waals surface area contributed by atoms with Crippen LogP contribution in [0, 0.1) is 13.8 Å². The lowest BCUT2D eigenvalue weighted by atomic mass is 10.2. The van der Waals surface area contributed by atoms with Crippen molar-refractivity contribution in [2.45, 2.75) is 50.7 Å². The average molecular weight is 251 g/mol. The van der Waals surface area contributed by atoms with Crippen molar-refractivity contribution >= 4 is 11.8 Å². The van der Waals surface area contributed by atoms with Crippen molar-refractivity contribution in [1.82, 2.24) is 5.32 Å². The van der Waals surface area contributed by atoms with E-state index in [1.165, 1.54) is 28.9 Å². The number of nitrogens with one attached hydrogen (secondary N) is 1. The van der Waals surface area contributed by atoms with Crippen LogP contribution >= 0.6 is 11.8 Å². The lowest BCUT2D eigenvalue weighted by molar-refractivity contribution is 0.638. The van der Waals surface area contributed by atoms with Gasteiger partial charge >= 0.3 is 0 Å². The van der Waals surface area contributed by atoms with Gasteiger partial charge in [0.25, 0.3) is 0 Å². The minimum atomic E-state index is 0.632. The Bertz CT molecular complexity index is 336. The topological polar surface area (TPSA) is 12.0 Å². The molecule has 1 N–H and O–H groups in total. The average Bonchev–Trinajstić information content (AvgIpc) is 2.29.